The maximum atomic E-state index is 12.7. The van der Waals surface area contributed by atoms with Crippen LogP contribution in [0.5, 0.6) is 0 Å². The lowest BCUT2D eigenvalue weighted by molar-refractivity contribution is -0.129. The highest BCUT2D eigenvalue weighted by molar-refractivity contribution is 7.99. The van der Waals surface area contributed by atoms with Crippen molar-refractivity contribution in [3.8, 4) is 11.4 Å². The number of amides is 2. The zero-order valence-electron chi connectivity index (χ0n) is 16.7. The molecule has 3 aromatic rings. The molecule has 30 heavy (non-hydrogen) atoms. The number of benzene rings is 1. The van der Waals surface area contributed by atoms with Crippen LogP contribution in [-0.4, -0.2) is 68.3 Å². The van der Waals surface area contributed by atoms with Gasteiger partial charge in [-0.05, 0) is 19.1 Å². The first-order valence-corrected chi connectivity index (χ1v) is 10.9. The molecule has 2 aromatic heterocycles. The fourth-order valence-corrected chi connectivity index (χ4v) is 4.32. The average molecular weight is 426 g/mol. The summed E-state index contributed by atoms with van der Waals surface area (Å²) in [5.74, 6) is 1.33. The van der Waals surface area contributed by atoms with Gasteiger partial charge in [-0.25, -0.2) is 0 Å². The summed E-state index contributed by atoms with van der Waals surface area (Å²) in [5, 5.41) is 9.33. The lowest BCUT2D eigenvalue weighted by atomic mass is 10.2. The van der Waals surface area contributed by atoms with Crippen LogP contribution < -0.4 is 0 Å². The van der Waals surface area contributed by atoms with Gasteiger partial charge in [-0.2, -0.15) is 0 Å². The van der Waals surface area contributed by atoms with E-state index in [1.54, 1.807) is 21.9 Å². The van der Waals surface area contributed by atoms with Crippen molar-refractivity contribution >= 4 is 23.6 Å². The maximum absolute atomic E-state index is 12.7. The molecule has 0 spiro atoms. The van der Waals surface area contributed by atoms with Gasteiger partial charge in [0.05, 0.1) is 12.0 Å². The Labute approximate surface area is 178 Å². The van der Waals surface area contributed by atoms with Crippen LogP contribution in [0.1, 0.15) is 17.5 Å². The number of aromatic nitrogens is 3. The molecule has 1 aromatic carbocycles. The van der Waals surface area contributed by atoms with E-state index in [2.05, 4.69) is 10.2 Å². The number of carbonyl (C=O) groups excluding carboxylic acids is 2. The van der Waals surface area contributed by atoms with Crippen molar-refractivity contribution in [2.45, 2.75) is 18.6 Å². The van der Waals surface area contributed by atoms with Gasteiger partial charge in [0.25, 0.3) is 5.91 Å². The molecule has 9 heteroatoms. The normalized spacial score (nSPS) is 14.2. The lowest BCUT2D eigenvalue weighted by Crippen LogP contribution is -2.51. The number of hydrogen-bond donors (Lipinski definition) is 0. The molecular formula is C21H23N5O3S. The van der Waals surface area contributed by atoms with E-state index in [9.17, 15) is 9.59 Å². The molecule has 2 amide bonds. The molecule has 4 rings (SSSR count). The molecule has 0 bridgehead atoms. The summed E-state index contributed by atoms with van der Waals surface area (Å²) < 4.78 is 7.20. The number of furan rings is 1. The van der Waals surface area contributed by atoms with Gasteiger partial charge >= 0.3 is 0 Å². The van der Waals surface area contributed by atoms with Gasteiger partial charge in [0.2, 0.25) is 5.91 Å². The Morgan fingerprint density at radius 1 is 1.00 bits per heavy atom. The predicted molar refractivity (Wildman–Crippen MR) is 113 cm³/mol. The van der Waals surface area contributed by atoms with Gasteiger partial charge in [0, 0.05) is 38.3 Å². The van der Waals surface area contributed by atoms with Crippen molar-refractivity contribution in [2.75, 3.05) is 31.9 Å². The zero-order valence-corrected chi connectivity index (χ0v) is 17.5. The van der Waals surface area contributed by atoms with E-state index in [0.29, 0.717) is 37.7 Å². The second-order valence-electron chi connectivity index (χ2n) is 6.86. The molecular weight excluding hydrogens is 402 g/mol. The molecule has 0 unspecified atom stereocenters. The fourth-order valence-electron chi connectivity index (χ4n) is 3.41. The Balaban J connectivity index is 1.32. The minimum Gasteiger partial charge on any atom is -0.459 e. The molecule has 1 aliphatic heterocycles. The highest BCUT2D eigenvalue weighted by atomic mass is 32.2. The quantitative estimate of drug-likeness (QED) is 0.565. The standard InChI is InChI=1S/C21H23N5O3S/c1-2-26-19(16-7-4-3-5-8-16)22-23-21(26)30-15-18(27)24-10-12-25(13-11-24)20(28)17-9-6-14-29-17/h3-9,14H,2,10-13,15H2,1H3. The Morgan fingerprint density at radius 2 is 1.73 bits per heavy atom. The van der Waals surface area contributed by atoms with E-state index < -0.39 is 0 Å². The van der Waals surface area contributed by atoms with Crippen molar-refractivity contribution < 1.29 is 14.0 Å². The molecule has 0 saturated carbocycles. The summed E-state index contributed by atoms with van der Waals surface area (Å²) in [7, 11) is 0. The third-order valence-corrected chi connectivity index (χ3v) is 5.99. The van der Waals surface area contributed by atoms with E-state index in [-0.39, 0.29) is 11.8 Å². The van der Waals surface area contributed by atoms with Gasteiger partial charge < -0.3 is 18.8 Å². The van der Waals surface area contributed by atoms with Crippen LogP contribution in [0.25, 0.3) is 11.4 Å². The van der Waals surface area contributed by atoms with Gasteiger partial charge in [-0.1, -0.05) is 42.1 Å². The van der Waals surface area contributed by atoms with Crippen molar-refractivity contribution in [1.82, 2.24) is 24.6 Å². The summed E-state index contributed by atoms with van der Waals surface area (Å²) >= 11 is 1.40. The molecule has 156 valence electrons. The number of rotatable bonds is 6. The number of piperazine rings is 1. The van der Waals surface area contributed by atoms with Crippen molar-refractivity contribution in [2.24, 2.45) is 0 Å². The first-order chi connectivity index (χ1) is 14.7. The topological polar surface area (TPSA) is 84.5 Å². The smallest absolute Gasteiger partial charge is 0.289 e. The van der Waals surface area contributed by atoms with Crippen LogP contribution >= 0.6 is 11.8 Å². The van der Waals surface area contributed by atoms with Crippen LogP contribution in [0.3, 0.4) is 0 Å². The molecule has 0 atom stereocenters. The molecule has 8 nitrogen and oxygen atoms in total. The maximum Gasteiger partial charge on any atom is 0.289 e. The number of nitrogens with zero attached hydrogens (tertiary/aromatic N) is 5. The minimum absolute atomic E-state index is 0.0389. The zero-order chi connectivity index (χ0) is 20.9. The van der Waals surface area contributed by atoms with Crippen molar-refractivity contribution in [3.63, 3.8) is 0 Å². The van der Waals surface area contributed by atoms with Gasteiger partial charge in [-0.15, -0.1) is 10.2 Å². The van der Waals surface area contributed by atoms with E-state index in [4.69, 9.17) is 4.42 Å². The molecule has 0 radical (unpaired) electrons. The Hall–Kier alpha value is -3.07. The number of hydrogen-bond acceptors (Lipinski definition) is 6. The molecule has 0 aliphatic carbocycles. The Morgan fingerprint density at radius 3 is 2.40 bits per heavy atom. The van der Waals surface area contributed by atoms with E-state index in [0.717, 1.165) is 23.1 Å². The third-order valence-electron chi connectivity index (χ3n) is 5.04. The summed E-state index contributed by atoms with van der Waals surface area (Å²) in [6.45, 7) is 4.79. The summed E-state index contributed by atoms with van der Waals surface area (Å²) in [5.41, 5.74) is 1.00. The monoisotopic (exact) mass is 425 g/mol. The van der Waals surface area contributed by atoms with Crippen LogP contribution in [-0.2, 0) is 11.3 Å². The molecule has 0 N–H and O–H groups in total. The molecule has 1 aliphatic rings. The second kappa shape index (κ2) is 9.17. The number of carbonyl (C=O) groups is 2. The van der Waals surface area contributed by atoms with Crippen LogP contribution in [0.4, 0.5) is 0 Å². The lowest BCUT2D eigenvalue weighted by Gasteiger charge is -2.34. The van der Waals surface area contributed by atoms with Crippen LogP contribution in [0, 0.1) is 0 Å². The van der Waals surface area contributed by atoms with Crippen molar-refractivity contribution in [1.29, 1.82) is 0 Å². The van der Waals surface area contributed by atoms with Crippen LogP contribution in [0.2, 0.25) is 0 Å². The highest BCUT2D eigenvalue weighted by Crippen LogP contribution is 2.24. The first-order valence-electron chi connectivity index (χ1n) is 9.89. The average Bonchev–Trinajstić information content (AvgIpc) is 3.47. The number of thioether (sulfide) groups is 1. The minimum atomic E-state index is -0.133. The fraction of sp³-hybridized carbons (Fsp3) is 0.333. The van der Waals surface area contributed by atoms with E-state index >= 15 is 0 Å². The Bertz CT molecular complexity index is 995. The van der Waals surface area contributed by atoms with E-state index in [1.165, 1.54) is 18.0 Å². The second-order valence-corrected chi connectivity index (χ2v) is 7.80. The van der Waals surface area contributed by atoms with Crippen molar-refractivity contribution in [3.05, 3.63) is 54.5 Å². The summed E-state index contributed by atoms with van der Waals surface area (Å²) in [6.07, 6.45) is 1.49. The first kappa shape index (κ1) is 20.2. The van der Waals surface area contributed by atoms with Gasteiger partial charge in [0.15, 0.2) is 16.7 Å². The third kappa shape index (κ3) is 4.25. The van der Waals surface area contributed by atoms with Gasteiger partial charge in [0.1, 0.15) is 0 Å². The molecule has 3 heterocycles. The largest absolute Gasteiger partial charge is 0.459 e. The SMILES string of the molecule is CCn1c(SCC(=O)N2CCN(C(=O)c3ccco3)CC2)nnc1-c1ccccc1. The van der Waals surface area contributed by atoms with Crippen LogP contribution in [0.15, 0.2) is 58.3 Å². The molecule has 1 fully saturated rings. The molecule has 1 saturated heterocycles. The highest BCUT2D eigenvalue weighted by Gasteiger charge is 2.26. The predicted octanol–water partition coefficient (Wildman–Crippen LogP) is 2.63. The van der Waals surface area contributed by atoms with Gasteiger partial charge in [-0.3, -0.25) is 9.59 Å². The summed E-state index contributed by atoms with van der Waals surface area (Å²) in [6, 6.07) is 13.3. The summed E-state index contributed by atoms with van der Waals surface area (Å²) in [4.78, 5) is 28.5. The Kier molecular flexibility index (Phi) is 6.18. The van der Waals surface area contributed by atoms with E-state index in [1.807, 2.05) is 41.8 Å².